The Morgan fingerprint density at radius 1 is 1.47 bits per heavy atom. The Morgan fingerprint density at radius 2 is 2.00 bits per heavy atom. The van der Waals surface area contributed by atoms with Gasteiger partial charge in [-0.3, -0.25) is 4.90 Å². The van der Waals surface area contributed by atoms with Gasteiger partial charge in [-0.15, -0.1) is 0 Å². The van der Waals surface area contributed by atoms with E-state index in [4.69, 9.17) is 16.7 Å². The molecule has 0 bridgehead atoms. The Kier molecular flexibility index (Phi) is 4.73. The highest BCUT2D eigenvalue weighted by Crippen LogP contribution is 2.21. The van der Waals surface area contributed by atoms with Gasteiger partial charge in [-0.2, -0.15) is 0 Å². The van der Waals surface area contributed by atoms with E-state index in [1.165, 1.54) is 0 Å². The molecule has 17 heavy (non-hydrogen) atoms. The second kappa shape index (κ2) is 5.84. The minimum atomic E-state index is -0.958. The normalized spacial score (nSPS) is 12.5. The van der Waals surface area contributed by atoms with Crippen molar-refractivity contribution in [1.82, 2.24) is 4.90 Å². The van der Waals surface area contributed by atoms with Gasteiger partial charge < -0.3 is 5.11 Å². The molecule has 1 aromatic carbocycles. The molecule has 4 heteroatoms. The number of nitrogens with zero attached hydrogens (tertiary/aromatic N) is 1. The number of halogens is 1. The van der Waals surface area contributed by atoms with Crippen LogP contribution in [0.2, 0.25) is 5.02 Å². The fourth-order valence-electron chi connectivity index (χ4n) is 1.50. The number of likely N-dealkylation sites (N-methyl/N-ethyl adjacent to an activating group) is 1. The van der Waals surface area contributed by atoms with Crippen LogP contribution in [0.4, 0.5) is 0 Å². The zero-order chi connectivity index (χ0) is 13.0. The van der Waals surface area contributed by atoms with Crippen molar-refractivity contribution in [3.8, 4) is 0 Å². The lowest BCUT2D eigenvalue weighted by Gasteiger charge is -2.25. The maximum absolute atomic E-state index is 10.7. The van der Waals surface area contributed by atoms with E-state index in [9.17, 15) is 4.79 Å². The van der Waals surface area contributed by atoms with Gasteiger partial charge in [-0.05, 0) is 31.7 Å². The Hall–Kier alpha value is -1.32. The van der Waals surface area contributed by atoms with Crippen LogP contribution in [0.5, 0.6) is 0 Å². The molecule has 0 saturated carbocycles. The molecule has 0 heterocycles. The predicted octanol–water partition coefficient (Wildman–Crippen LogP) is 2.97. The number of carboxylic acids is 1. The van der Waals surface area contributed by atoms with Crippen LogP contribution >= 0.6 is 11.6 Å². The zero-order valence-electron chi connectivity index (χ0n) is 9.98. The number of hydrogen-bond donors (Lipinski definition) is 1. The summed E-state index contributed by atoms with van der Waals surface area (Å²) in [6.07, 6.45) is 0. The van der Waals surface area contributed by atoms with Gasteiger partial charge in [0.05, 0.1) is 0 Å². The summed E-state index contributed by atoms with van der Waals surface area (Å²) in [7, 11) is 1.87. The summed E-state index contributed by atoms with van der Waals surface area (Å²) in [5, 5.41) is 9.47. The third kappa shape index (κ3) is 3.88. The lowest BCUT2D eigenvalue weighted by Crippen LogP contribution is -2.26. The molecule has 1 N–H and O–H groups in total. The van der Waals surface area contributed by atoms with Crippen molar-refractivity contribution in [3.05, 3.63) is 47.0 Å². The average Bonchev–Trinajstić information content (AvgIpc) is 2.28. The van der Waals surface area contributed by atoms with E-state index in [0.717, 1.165) is 5.56 Å². The van der Waals surface area contributed by atoms with E-state index in [0.29, 0.717) is 11.6 Å². The molecule has 3 nitrogen and oxygen atoms in total. The predicted molar refractivity (Wildman–Crippen MR) is 69.3 cm³/mol. The number of aliphatic carboxylic acids is 1. The fraction of sp³-hybridized carbons (Fsp3) is 0.308. The topological polar surface area (TPSA) is 40.5 Å². The third-order valence-corrected chi connectivity index (χ3v) is 3.01. The lowest BCUT2D eigenvalue weighted by atomic mass is 10.1. The van der Waals surface area contributed by atoms with Crippen molar-refractivity contribution < 1.29 is 9.90 Å². The maximum Gasteiger partial charge on any atom is 0.332 e. The minimum Gasteiger partial charge on any atom is -0.478 e. The SMILES string of the molecule is C=C(CN(C)C(C)c1ccc(Cl)cc1)C(=O)O. The molecule has 0 aliphatic heterocycles. The van der Waals surface area contributed by atoms with Gasteiger partial charge in [0.2, 0.25) is 0 Å². The zero-order valence-corrected chi connectivity index (χ0v) is 10.7. The Labute approximate surface area is 106 Å². The number of rotatable bonds is 5. The third-order valence-electron chi connectivity index (χ3n) is 2.76. The van der Waals surface area contributed by atoms with Crippen molar-refractivity contribution in [2.24, 2.45) is 0 Å². The molecule has 0 aliphatic rings. The van der Waals surface area contributed by atoms with E-state index in [1.54, 1.807) is 0 Å². The monoisotopic (exact) mass is 253 g/mol. The van der Waals surface area contributed by atoms with Crippen LogP contribution in [0.25, 0.3) is 0 Å². The molecule has 0 spiro atoms. The maximum atomic E-state index is 10.7. The highest BCUT2D eigenvalue weighted by Gasteiger charge is 2.14. The molecule has 0 aliphatic carbocycles. The molecule has 1 rings (SSSR count). The quantitative estimate of drug-likeness (QED) is 0.821. The molecule has 0 aromatic heterocycles. The van der Waals surface area contributed by atoms with Gasteiger partial charge in [-0.1, -0.05) is 30.3 Å². The van der Waals surface area contributed by atoms with E-state index in [2.05, 4.69) is 6.58 Å². The Bertz CT molecular complexity index is 414. The second-order valence-corrected chi connectivity index (χ2v) is 4.49. The van der Waals surface area contributed by atoms with E-state index >= 15 is 0 Å². The Balaban J connectivity index is 2.69. The van der Waals surface area contributed by atoms with Crippen molar-refractivity contribution >= 4 is 17.6 Å². The lowest BCUT2D eigenvalue weighted by molar-refractivity contribution is -0.132. The van der Waals surface area contributed by atoms with Crippen molar-refractivity contribution in [1.29, 1.82) is 0 Å². The second-order valence-electron chi connectivity index (χ2n) is 4.05. The van der Waals surface area contributed by atoms with Crippen LogP contribution < -0.4 is 0 Å². The van der Waals surface area contributed by atoms with Crippen LogP contribution in [0, 0.1) is 0 Å². The average molecular weight is 254 g/mol. The van der Waals surface area contributed by atoms with Crippen molar-refractivity contribution in [3.63, 3.8) is 0 Å². The molecule has 0 saturated heterocycles. The van der Waals surface area contributed by atoms with Gasteiger partial charge in [0.1, 0.15) is 0 Å². The van der Waals surface area contributed by atoms with Crippen LogP contribution in [-0.2, 0) is 4.79 Å². The van der Waals surface area contributed by atoms with Gasteiger partial charge >= 0.3 is 5.97 Å². The summed E-state index contributed by atoms with van der Waals surface area (Å²) in [5.41, 5.74) is 1.28. The molecule has 0 amide bonds. The van der Waals surface area contributed by atoms with Gasteiger partial charge in [0, 0.05) is 23.2 Å². The van der Waals surface area contributed by atoms with Gasteiger partial charge in [0.25, 0.3) is 0 Å². The number of carboxylic acid groups (broad SMARTS) is 1. The summed E-state index contributed by atoms with van der Waals surface area (Å²) in [6.45, 7) is 5.87. The van der Waals surface area contributed by atoms with Crippen molar-refractivity contribution in [2.45, 2.75) is 13.0 Å². The highest BCUT2D eigenvalue weighted by molar-refractivity contribution is 6.30. The van der Waals surface area contributed by atoms with Gasteiger partial charge in [0.15, 0.2) is 0 Å². The number of hydrogen-bond acceptors (Lipinski definition) is 2. The molecule has 1 unspecified atom stereocenters. The molecule has 1 aromatic rings. The van der Waals surface area contributed by atoms with Crippen LogP contribution in [0.15, 0.2) is 36.4 Å². The molecule has 0 fully saturated rings. The van der Waals surface area contributed by atoms with E-state index < -0.39 is 5.97 Å². The number of benzene rings is 1. The summed E-state index contributed by atoms with van der Waals surface area (Å²) < 4.78 is 0. The Morgan fingerprint density at radius 3 is 2.47 bits per heavy atom. The molecule has 0 radical (unpaired) electrons. The van der Waals surface area contributed by atoms with Crippen LogP contribution in [0.1, 0.15) is 18.5 Å². The van der Waals surface area contributed by atoms with E-state index in [-0.39, 0.29) is 11.6 Å². The first-order valence-corrected chi connectivity index (χ1v) is 5.66. The minimum absolute atomic E-state index is 0.114. The standard InChI is InChI=1S/C13H16ClNO2/c1-9(13(16)17)8-15(3)10(2)11-4-6-12(14)7-5-11/h4-7,10H,1,8H2,2-3H3,(H,16,17). The van der Waals surface area contributed by atoms with Gasteiger partial charge in [-0.25, -0.2) is 4.79 Å². The van der Waals surface area contributed by atoms with E-state index in [1.807, 2.05) is 43.1 Å². The molecular weight excluding hydrogens is 238 g/mol. The summed E-state index contributed by atoms with van der Waals surface area (Å²) in [4.78, 5) is 12.6. The first-order valence-electron chi connectivity index (χ1n) is 5.28. The summed E-state index contributed by atoms with van der Waals surface area (Å²) in [5.74, 6) is -0.958. The summed E-state index contributed by atoms with van der Waals surface area (Å²) in [6, 6.07) is 7.64. The largest absolute Gasteiger partial charge is 0.478 e. The first-order chi connectivity index (χ1) is 7.91. The molecule has 1 atom stereocenters. The van der Waals surface area contributed by atoms with Crippen LogP contribution in [-0.4, -0.2) is 29.6 Å². The van der Waals surface area contributed by atoms with Crippen molar-refractivity contribution in [2.75, 3.05) is 13.6 Å². The van der Waals surface area contributed by atoms with Crippen LogP contribution in [0.3, 0.4) is 0 Å². The fourth-order valence-corrected chi connectivity index (χ4v) is 1.63. The highest BCUT2D eigenvalue weighted by atomic mass is 35.5. The molecular formula is C13H16ClNO2. The summed E-state index contributed by atoms with van der Waals surface area (Å²) >= 11 is 5.82. The number of carbonyl (C=O) groups is 1. The first kappa shape index (κ1) is 13.7. The smallest absolute Gasteiger partial charge is 0.332 e. The molecule has 92 valence electrons.